The van der Waals surface area contributed by atoms with Gasteiger partial charge in [-0.25, -0.2) is 0 Å². The number of benzene rings is 2. The van der Waals surface area contributed by atoms with Gasteiger partial charge in [-0.15, -0.1) is 0 Å². The second-order valence-corrected chi connectivity index (χ2v) is 6.06. The molecular weight excluding hydrogens is 288 g/mol. The number of ether oxygens (including phenoxy) is 1. The lowest BCUT2D eigenvalue weighted by molar-refractivity contribution is 0.0196. The molecule has 0 atom stereocenters. The molecular formula is C18H20N4O. The number of rotatable bonds is 6. The maximum Gasteiger partial charge on any atom is 0.124 e. The Kier molecular flexibility index (Phi) is 3.94. The molecule has 118 valence electrons. The Morgan fingerprint density at radius 2 is 1.87 bits per heavy atom. The highest BCUT2D eigenvalue weighted by Gasteiger charge is 2.27. The van der Waals surface area contributed by atoms with Crippen molar-refractivity contribution in [3.63, 3.8) is 0 Å². The van der Waals surface area contributed by atoms with Crippen molar-refractivity contribution in [2.45, 2.75) is 18.9 Å². The summed E-state index contributed by atoms with van der Waals surface area (Å²) in [6, 6.07) is 16.5. The van der Waals surface area contributed by atoms with Crippen LogP contribution in [0, 0.1) is 0 Å². The Morgan fingerprint density at radius 3 is 2.74 bits per heavy atom. The van der Waals surface area contributed by atoms with Gasteiger partial charge in [0.2, 0.25) is 0 Å². The van der Waals surface area contributed by atoms with Crippen molar-refractivity contribution in [3.8, 4) is 5.75 Å². The van der Waals surface area contributed by atoms with E-state index >= 15 is 0 Å². The number of fused-ring (bicyclic) bond motifs is 1. The highest BCUT2D eigenvalue weighted by Crippen LogP contribution is 2.21. The summed E-state index contributed by atoms with van der Waals surface area (Å²) < 4.78 is 6.00. The van der Waals surface area contributed by atoms with Gasteiger partial charge in [0.25, 0.3) is 0 Å². The van der Waals surface area contributed by atoms with Gasteiger partial charge in [0, 0.05) is 19.2 Å². The maximum atomic E-state index is 6.00. The number of hydrogen-bond donors (Lipinski definition) is 1. The third kappa shape index (κ3) is 3.35. The average Bonchev–Trinajstić information content (AvgIpc) is 3.01. The minimum Gasteiger partial charge on any atom is -0.488 e. The van der Waals surface area contributed by atoms with Gasteiger partial charge in [-0.1, -0.05) is 30.3 Å². The lowest BCUT2D eigenvalue weighted by Gasteiger charge is -2.39. The van der Waals surface area contributed by atoms with Crippen LogP contribution in [0.5, 0.6) is 5.75 Å². The third-order valence-corrected chi connectivity index (χ3v) is 4.30. The largest absolute Gasteiger partial charge is 0.488 e. The summed E-state index contributed by atoms with van der Waals surface area (Å²) in [6.45, 7) is 3.15. The Morgan fingerprint density at radius 1 is 1.04 bits per heavy atom. The van der Waals surface area contributed by atoms with E-state index in [0.717, 1.165) is 42.8 Å². The molecule has 3 aromatic rings. The van der Waals surface area contributed by atoms with Crippen molar-refractivity contribution < 1.29 is 4.74 Å². The number of likely N-dealkylation sites (tertiary alicyclic amines) is 1. The van der Waals surface area contributed by atoms with Crippen LogP contribution >= 0.6 is 0 Å². The molecule has 23 heavy (non-hydrogen) atoms. The molecule has 1 saturated heterocycles. The third-order valence-electron chi connectivity index (χ3n) is 4.30. The van der Waals surface area contributed by atoms with Crippen LogP contribution in [0.15, 0.2) is 48.5 Å². The van der Waals surface area contributed by atoms with E-state index in [4.69, 9.17) is 4.74 Å². The van der Waals surface area contributed by atoms with Crippen LogP contribution in [-0.2, 0) is 6.42 Å². The Balaban J connectivity index is 1.21. The molecule has 5 nitrogen and oxygen atoms in total. The zero-order valence-corrected chi connectivity index (χ0v) is 13.0. The SMILES string of the molecule is c1ccc(CCCN2CC(Oc3ccc4n[nH]nc4c3)C2)cc1. The number of H-pyrrole nitrogens is 1. The van der Waals surface area contributed by atoms with Crippen molar-refractivity contribution in [2.24, 2.45) is 0 Å². The van der Waals surface area contributed by atoms with E-state index in [9.17, 15) is 0 Å². The number of nitrogens with zero attached hydrogens (tertiary/aromatic N) is 3. The van der Waals surface area contributed by atoms with Gasteiger partial charge in [0.1, 0.15) is 22.9 Å². The normalized spacial score (nSPS) is 15.7. The molecule has 5 heteroatoms. The zero-order valence-electron chi connectivity index (χ0n) is 13.0. The van der Waals surface area contributed by atoms with Gasteiger partial charge in [0.05, 0.1) is 0 Å². The molecule has 0 saturated carbocycles. The Hall–Kier alpha value is -2.40. The van der Waals surface area contributed by atoms with E-state index in [0.29, 0.717) is 0 Å². The van der Waals surface area contributed by atoms with Crippen molar-refractivity contribution in [3.05, 3.63) is 54.1 Å². The van der Waals surface area contributed by atoms with Crippen LogP contribution in [0.1, 0.15) is 12.0 Å². The van der Waals surface area contributed by atoms with E-state index < -0.39 is 0 Å². The van der Waals surface area contributed by atoms with Crippen LogP contribution in [-0.4, -0.2) is 46.0 Å². The first-order chi connectivity index (χ1) is 11.4. The van der Waals surface area contributed by atoms with E-state index in [1.165, 1.54) is 12.0 Å². The molecule has 0 radical (unpaired) electrons. The molecule has 1 aliphatic heterocycles. The minimum atomic E-state index is 0.288. The van der Waals surface area contributed by atoms with Gasteiger partial charge < -0.3 is 4.74 Å². The summed E-state index contributed by atoms with van der Waals surface area (Å²) in [5.41, 5.74) is 3.14. The highest BCUT2D eigenvalue weighted by molar-refractivity contribution is 5.75. The van der Waals surface area contributed by atoms with Gasteiger partial charge in [0.15, 0.2) is 0 Å². The zero-order chi connectivity index (χ0) is 15.5. The summed E-state index contributed by atoms with van der Waals surface area (Å²) in [5, 5.41) is 10.8. The minimum absolute atomic E-state index is 0.288. The molecule has 2 heterocycles. The molecule has 0 spiro atoms. The number of aromatic amines is 1. The molecule has 0 aliphatic carbocycles. The average molecular weight is 308 g/mol. The van der Waals surface area contributed by atoms with E-state index in [2.05, 4.69) is 50.6 Å². The van der Waals surface area contributed by atoms with Gasteiger partial charge in [-0.05, 0) is 37.1 Å². The van der Waals surface area contributed by atoms with E-state index in [1.54, 1.807) is 0 Å². The van der Waals surface area contributed by atoms with Gasteiger partial charge in [-0.2, -0.15) is 15.4 Å². The predicted molar refractivity (Wildman–Crippen MR) is 89.5 cm³/mol. The fourth-order valence-electron chi connectivity index (χ4n) is 3.02. The molecule has 1 aromatic heterocycles. The quantitative estimate of drug-likeness (QED) is 0.760. The smallest absolute Gasteiger partial charge is 0.124 e. The summed E-state index contributed by atoms with van der Waals surface area (Å²) >= 11 is 0. The molecule has 1 fully saturated rings. The summed E-state index contributed by atoms with van der Waals surface area (Å²) in [6.07, 6.45) is 2.63. The number of aromatic nitrogens is 3. The van der Waals surface area contributed by atoms with Gasteiger partial charge in [-0.3, -0.25) is 4.90 Å². The highest BCUT2D eigenvalue weighted by atomic mass is 16.5. The fraction of sp³-hybridized carbons (Fsp3) is 0.333. The molecule has 1 N–H and O–H groups in total. The lowest BCUT2D eigenvalue weighted by atomic mass is 10.1. The first-order valence-corrected chi connectivity index (χ1v) is 8.10. The van der Waals surface area contributed by atoms with Crippen molar-refractivity contribution >= 4 is 11.0 Å². The van der Waals surface area contributed by atoms with Crippen LogP contribution in [0.2, 0.25) is 0 Å². The standard InChI is InChI=1S/C18H20N4O/c1-2-5-14(6-3-1)7-4-10-22-12-16(13-22)23-15-8-9-17-18(11-15)20-21-19-17/h1-3,5-6,8-9,11,16H,4,7,10,12-13H2,(H,19,20,21). The molecule has 0 amide bonds. The second kappa shape index (κ2) is 6.38. The van der Waals surface area contributed by atoms with Crippen molar-refractivity contribution in [1.29, 1.82) is 0 Å². The molecule has 1 aliphatic rings. The predicted octanol–water partition coefficient (Wildman–Crippen LogP) is 2.65. The lowest BCUT2D eigenvalue weighted by Crippen LogP contribution is -2.53. The van der Waals surface area contributed by atoms with Crippen molar-refractivity contribution in [1.82, 2.24) is 20.3 Å². The van der Waals surface area contributed by atoms with Crippen LogP contribution in [0.4, 0.5) is 0 Å². The number of nitrogens with one attached hydrogen (secondary N) is 1. The van der Waals surface area contributed by atoms with Crippen LogP contribution in [0.25, 0.3) is 11.0 Å². The summed E-state index contributed by atoms with van der Waals surface area (Å²) in [5.74, 6) is 0.875. The van der Waals surface area contributed by atoms with Gasteiger partial charge >= 0.3 is 0 Å². The van der Waals surface area contributed by atoms with Crippen LogP contribution < -0.4 is 4.74 Å². The molecule has 4 rings (SSSR count). The summed E-state index contributed by atoms with van der Waals surface area (Å²) in [4.78, 5) is 2.45. The van der Waals surface area contributed by atoms with Crippen molar-refractivity contribution in [2.75, 3.05) is 19.6 Å². The first-order valence-electron chi connectivity index (χ1n) is 8.10. The van der Waals surface area contributed by atoms with E-state index in [1.807, 2.05) is 18.2 Å². The number of hydrogen-bond acceptors (Lipinski definition) is 4. The Bertz CT molecular complexity index is 765. The van der Waals surface area contributed by atoms with Crippen LogP contribution in [0.3, 0.4) is 0 Å². The fourth-order valence-corrected chi connectivity index (χ4v) is 3.02. The van der Waals surface area contributed by atoms with E-state index in [-0.39, 0.29) is 6.10 Å². The second-order valence-electron chi connectivity index (χ2n) is 6.06. The molecule has 0 unspecified atom stereocenters. The Labute approximate surface area is 135 Å². The number of aryl methyl sites for hydroxylation is 1. The molecule has 0 bridgehead atoms. The maximum absolute atomic E-state index is 6.00. The topological polar surface area (TPSA) is 54.0 Å². The summed E-state index contributed by atoms with van der Waals surface area (Å²) in [7, 11) is 0. The monoisotopic (exact) mass is 308 g/mol. The molecule has 2 aromatic carbocycles. The first kappa shape index (κ1) is 14.2.